The number of furan rings is 1. The van der Waals surface area contributed by atoms with Crippen molar-refractivity contribution in [1.29, 1.82) is 0 Å². The SMILES string of the molecule is CC(C)N1C(=O)c2ccccc2Oc2ccc(NC(=O)CNC(=O)c3ccco3)cc21. The van der Waals surface area contributed by atoms with Crippen LogP contribution in [0, 0.1) is 0 Å². The minimum atomic E-state index is -0.482. The Labute approximate surface area is 178 Å². The van der Waals surface area contributed by atoms with Crippen LogP contribution in [0.5, 0.6) is 11.5 Å². The number of amides is 3. The Kier molecular flexibility index (Phi) is 5.44. The summed E-state index contributed by atoms with van der Waals surface area (Å²) in [5.41, 5.74) is 1.50. The van der Waals surface area contributed by atoms with E-state index in [9.17, 15) is 14.4 Å². The second-order valence-corrected chi connectivity index (χ2v) is 7.26. The van der Waals surface area contributed by atoms with Crippen LogP contribution in [0.25, 0.3) is 0 Å². The molecular weight excluding hydrogens is 398 g/mol. The Balaban J connectivity index is 1.54. The van der Waals surface area contributed by atoms with Gasteiger partial charge in [-0.2, -0.15) is 0 Å². The molecule has 4 rings (SSSR count). The van der Waals surface area contributed by atoms with Gasteiger partial charge in [0, 0.05) is 11.7 Å². The fraction of sp³-hybridized carbons (Fsp3) is 0.174. The average molecular weight is 419 g/mol. The molecule has 0 aliphatic carbocycles. The summed E-state index contributed by atoms with van der Waals surface area (Å²) in [6.07, 6.45) is 1.38. The molecule has 0 radical (unpaired) electrons. The number of benzene rings is 2. The summed E-state index contributed by atoms with van der Waals surface area (Å²) >= 11 is 0. The third kappa shape index (κ3) is 4.13. The van der Waals surface area contributed by atoms with Crippen molar-refractivity contribution in [3.63, 3.8) is 0 Å². The number of hydrogen-bond donors (Lipinski definition) is 2. The summed E-state index contributed by atoms with van der Waals surface area (Å²) in [4.78, 5) is 39.0. The molecule has 2 heterocycles. The van der Waals surface area contributed by atoms with Crippen LogP contribution in [0.3, 0.4) is 0 Å². The van der Waals surface area contributed by atoms with Crippen molar-refractivity contribution in [2.75, 3.05) is 16.8 Å². The van der Waals surface area contributed by atoms with Gasteiger partial charge in [-0.15, -0.1) is 0 Å². The molecule has 0 unspecified atom stereocenters. The highest BCUT2D eigenvalue weighted by molar-refractivity contribution is 6.10. The van der Waals surface area contributed by atoms with Crippen LogP contribution < -0.4 is 20.3 Å². The van der Waals surface area contributed by atoms with Crippen molar-refractivity contribution >= 4 is 29.1 Å². The highest BCUT2D eigenvalue weighted by atomic mass is 16.5. The van der Waals surface area contributed by atoms with Gasteiger partial charge < -0.3 is 24.7 Å². The molecular formula is C23H21N3O5. The van der Waals surface area contributed by atoms with E-state index in [0.717, 1.165) is 0 Å². The number of fused-ring (bicyclic) bond motifs is 2. The molecule has 1 aliphatic heterocycles. The third-order valence-electron chi connectivity index (χ3n) is 4.73. The molecule has 8 heteroatoms. The number of para-hydroxylation sites is 1. The number of carbonyl (C=O) groups is 3. The van der Waals surface area contributed by atoms with Gasteiger partial charge in [-0.25, -0.2) is 0 Å². The van der Waals surface area contributed by atoms with Crippen LogP contribution in [0.2, 0.25) is 0 Å². The monoisotopic (exact) mass is 419 g/mol. The summed E-state index contributed by atoms with van der Waals surface area (Å²) in [6, 6.07) is 15.1. The second-order valence-electron chi connectivity index (χ2n) is 7.26. The smallest absolute Gasteiger partial charge is 0.287 e. The molecule has 0 fully saturated rings. The lowest BCUT2D eigenvalue weighted by molar-refractivity contribution is -0.115. The van der Waals surface area contributed by atoms with E-state index < -0.39 is 11.8 Å². The zero-order valence-electron chi connectivity index (χ0n) is 17.0. The number of carbonyl (C=O) groups excluding carboxylic acids is 3. The Morgan fingerprint density at radius 2 is 1.84 bits per heavy atom. The van der Waals surface area contributed by atoms with Gasteiger partial charge in [0.1, 0.15) is 5.75 Å². The molecule has 1 aliphatic rings. The van der Waals surface area contributed by atoms with E-state index >= 15 is 0 Å². The third-order valence-corrected chi connectivity index (χ3v) is 4.73. The summed E-state index contributed by atoms with van der Waals surface area (Å²) < 4.78 is 11.0. The Morgan fingerprint density at radius 3 is 2.58 bits per heavy atom. The fourth-order valence-corrected chi connectivity index (χ4v) is 3.33. The maximum Gasteiger partial charge on any atom is 0.287 e. The van der Waals surface area contributed by atoms with Gasteiger partial charge in [-0.05, 0) is 56.3 Å². The summed E-state index contributed by atoms with van der Waals surface area (Å²) in [5, 5.41) is 5.22. The van der Waals surface area contributed by atoms with E-state index in [1.165, 1.54) is 12.3 Å². The van der Waals surface area contributed by atoms with Crippen molar-refractivity contribution in [2.24, 2.45) is 0 Å². The van der Waals surface area contributed by atoms with Gasteiger partial charge >= 0.3 is 0 Å². The van der Waals surface area contributed by atoms with Gasteiger partial charge in [0.15, 0.2) is 11.5 Å². The number of anilines is 2. The van der Waals surface area contributed by atoms with Crippen LogP contribution >= 0.6 is 0 Å². The molecule has 0 saturated heterocycles. The highest BCUT2D eigenvalue weighted by Gasteiger charge is 2.30. The molecule has 0 atom stereocenters. The van der Waals surface area contributed by atoms with Gasteiger partial charge in [0.2, 0.25) is 5.91 Å². The standard InChI is InChI=1S/C23H21N3O5/c1-14(2)26-17-12-15(25-21(27)13-24-22(28)20-8-5-11-30-20)9-10-19(17)31-18-7-4-3-6-16(18)23(26)29/h3-12,14H,13H2,1-2H3,(H,24,28)(H,25,27). The van der Waals surface area contributed by atoms with Crippen LogP contribution in [-0.4, -0.2) is 30.3 Å². The maximum absolute atomic E-state index is 13.2. The first kappa shape index (κ1) is 20.2. The Hall–Kier alpha value is -4.07. The second kappa shape index (κ2) is 8.35. The number of nitrogens with zero attached hydrogens (tertiary/aromatic N) is 1. The van der Waals surface area contributed by atoms with Crippen LogP contribution in [0.4, 0.5) is 11.4 Å². The first-order chi connectivity index (χ1) is 14.9. The lowest BCUT2D eigenvalue weighted by atomic mass is 10.1. The molecule has 1 aromatic heterocycles. The molecule has 3 aromatic rings. The van der Waals surface area contributed by atoms with Crippen molar-refractivity contribution in [1.82, 2.24) is 5.32 Å². The van der Waals surface area contributed by atoms with Crippen molar-refractivity contribution in [2.45, 2.75) is 19.9 Å². The number of hydrogen-bond acceptors (Lipinski definition) is 5. The fourth-order valence-electron chi connectivity index (χ4n) is 3.33. The van der Waals surface area contributed by atoms with Gasteiger partial charge in [-0.1, -0.05) is 12.1 Å². The predicted molar refractivity (Wildman–Crippen MR) is 115 cm³/mol. The molecule has 31 heavy (non-hydrogen) atoms. The zero-order chi connectivity index (χ0) is 22.0. The minimum Gasteiger partial charge on any atom is -0.459 e. The summed E-state index contributed by atoms with van der Waals surface area (Å²) in [7, 11) is 0. The number of rotatable bonds is 5. The van der Waals surface area contributed by atoms with Crippen LogP contribution in [0.1, 0.15) is 34.8 Å². The van der Waals surface area contributed by atoms with Crippen molar-refractivity contribution < 1.29 is 23.5 Å². The van der Waals surface area contributed by atoms with Gasteiger partial charge in [0.05, 0.1) is 24.1 Å². The van der Waals surface area contributed by atoms with E-state index in [1.54, 1.807) is 47.4 Å². The first-order valence-electron chi connectivity index (χ1n) is 9.80. The first-order valence-corrected chi connectivity index (χ1v) is 9.80. The van der Waals surface area contributed by atoms with Crippen molar-refractivity contribution in [3.05, 3.63) is 72.2 Å². The summed E-state index contributed by atoms with van der Waals surface area (Å²) in [5.74, 6) is 0.0366. The molecule has 2 N–H and O–H groups in total. The minimum absolute atomic E-state index is 0.126. The molecule has 0 spiro atoms. The topological polar surface area (TPSA) is 101 Å². The van der Waals surface area contributed by atoms with E-state index in [1.807, 2.05) is 19.9 Å². The summed E-state index contributed by atoms with van der Waals surface area (Å²) in [6.45, 7) is 3.58. The van der Waals surface area contributed by atoms with Crippen LogP contribution in [0.15, 0.2) is 65.3 Å². The van der Waals surface area contributed by atoms with E-state index in [-0.39, 0.29) is 24.3 Å². The molecule has 0 saturated carbocycles. The van der Waals surface area contributed by atoms with E-state index in [4.69, 9.17) is 9.15 Å². The molecule has 0 bridgehead atoms. The van der Waals surface area contributed by atoms with Crippen molar-refractivity contribution in [3.8, 4) is 11.5 Å². The molecule has 8 nitrogen and oxygen atoms in total. The Morgan fingerprint density at radius 1 is 1.03 bits per heavy atom. The number of ether oxygens (including phenoxy) is 1. The lowest BCUT2D eigenvalue weighted by Gasteiger charge is -2.26. The number of nitrogens with one attached hydrogen (secondary N) is 2. The Bertz CT molecular complexity index is 1140. The normalized spacial score (nSPS) is 12.5. The molecule has 158 valence electrons. The highest BCUT2D eigenvalue weighted by Crippen LogP contribution is 2.41. The predicted octanol–water partition coefficient (Wildman–Crippen LogP) is 3.81. The zero-order valence-corrected chi connectivity index (χ0v) is 17.0. The average Bonchev–Trinajstić information content (AvgIpc) is 3.25. The van der Waals surface area contributed by atoms with E-state index in [0.29, 0.717) is 28.4 Å². The largest absolute Gasteiger partial charge is 0.459 e. The van der Waals surface area contributed by atoms with Crippen LogP contribution in [-0.2, 0) is 4.79 Å². The quantitative estimate of drug-likeness (QED) is 0.655. The van der Waals surface area contributed by atoms with Gasteiger partial charge in [0.25, 0.3) is 11.8 Å². The van der Waals surface area contributed by atoms with Gasteiger partial charge in [-0.3, -0.25) is 14.4 Å². The molecule has 3 amide bonds. The molecule has 2 aromatic carbocycles. The van der Waals surface area contributed by atoms with E-state index in [2.05, 4.69) is 10.6 Å². The lowest BCUT2D eigenvalue weighted by Crippen LogP contribution is -2.36. The maximum atomic E-state index is 13.2.